The number of nitrogens with zero attached hydrogens (tertiary/aromatic N) is 2. The zero-order chi connectivity index (χ0) is 21.2. The smallest absolute Gasteiger partial charge is 0.190 e. The van der Waals surface area contributed by atoms with Crippen LogP contribution in [0.15, 0.2) is 47.5 Å². The van der Waals surface area contributed by atoms with E-state index in [1.807, 2.05) is 19.2 Å². The van der Waals surface area contributed by atoms with Gasteiger partial charge in [0.05, 0.1) is 14.2 Å². The summed E-state index contributed by atoms with van der Waals surface area (Å²) in [6.07, 6.45) is 3.13. The van der Waals surface area contributed by atoms with Crippen molar-refractivity contribution in [2.45, 2.75) is 25.8 Å². The van der Waals surface area contributed by atoms with Gasteiger partial charge in [-0.1, -0.05) is 30.3 Å². The van der Waals surface area contributed by atoms with Crippen LogP contribution in [0.25, 0.3) is 0 Å². The van der Waals surface area contributed by atoms with Crippen molar-refractivity contribution >= 4 is 29.9 Å². The van der Waals surface area contributed by atoms with Crippen LogP contribution in [0, 0.1) is 0 Å². The van der Waals surface area contributed by atoms with Gasteiger partial charge in [-0.2, -0.15) is 0 Å². The molecule has 2 aromatic carbocycles. The molecular formula is C24H35IN4O2. The second kappa shape index (κ2) is 13.4. The summed E-state index contributed by atoms with van der Waals surface area (Å²) in [5.41, 5.74) is 4.18. The van der Waals surface area contributed by atoms with Crippen molar-refractivity contribution in [3.8, 4) is 11.5 Å². The summed E-state index contributed by atoms with van der Waals surface area (Å²) in [4.78, 5) is 6.87. The lowest BCUT2D eigenvalue weighted by atomic mass is 10.00. The summed E-state index contributed by atoms with van der Waals surface area (Å²) >= 11 is 0. The van der Waals surface area contributed by atoms with Crippen LogP contribution in [0.2, 0.25) is 0 Å². The average Bonchev–Trinajstić information content (AvgIpc) is 2.80. The Morgan fingerprint density at radius 1 is 1.00 bits per heavy atom. The molecule has 1 heterocycles. The first-order chi connectivity index (χ1) is 14.7. The zero-order valence-corrected chi connectivity index (χ0v) is 21.1. The summed E-state index contributed by atoms with van der Waals surface area (Å²) in [5.74, 6) is 2.36. The third-order valence-electron chi connectivity index (χ3n) is 5.53. The van der Waals surface area contributed by atoms with Crippen LogP contribution in [-0.2, 0) is 19.4 Å². The summed E-state index contributed by atoms with van der Waals surface area (Å²) in [5, 5.41) is 6.81. The molecule has 0 amide bonds. The number of nitrogens with one attached hydrogen (secondary N) is 2. The Bertz CT molecular complexity index is 844. The highest BCUT2D eigenvalue weighted by molar-refractivity contribution is 14.0. The van der Waals surface area contributed by atoms with Crippen molar-refractivity contribution in [2.75, 3.05) is 47.4 Å². The molecule has 170 valence electrons. The van der Waals surface area contributed by atoms with E-state index in [1.165, 1.54) is 16.7 Å². The van der Waals surface area contributed by atoms with Gasteiger partial charge in [-0.05, 0) is 48.1 Å². The number of methoxy groups -OCH3 is 2. The SMILES string of the molecule is CN=C(NCCCN1CCc2ccccc2C1)NCCc1ccc(OC)c(OC)c1.I. The monoisotopic (exact) mass is 538 g/mol. The first-order valence-electron chi connectivity index (χ1n) is 10.7. The Morgan fingerprint density at radius 3 is 2.48 bits per heavy atom. The van der Waals surface area contributed by atoms with E-state index in [1.54, 1.807) is 14.2 Å². The van der Waals surface area contributed by atoms with Crippen molar-refractivity contribution < 1.29 is 9.47 Å². The first kappa shape index (κ1) is 25.3. The van der Waals surface area contributed by atoms with Crippen molar-refractivity contribution in [2.24, 2.45) is 4.99 Å². The molecule has 0 saturated heterocycles. The molecule has 0 spiro atoms. The molecule has 0 radical (unpaired) electrons. The quantitative estimate of drug-likeness (QED) is 0.222. The fourth-order valence-electron chi connectivity index (χ4n) is 3.84. The minimum absolute atomic E-state index is 0. The normalized spacial score (nSPS) is 13.7. The molecule has 1 aliphatic heterocycles. The molecule has 31 heavy (non-hydrogen) atoms. The number of hydrogen-bond acceptors (Lipinski definition) is 4. The predicted octanol–water partition coefficient (Wildman–Crippen LogP) is 3.48. The van der Waals surface area contributed by atoms with Gasteiger partial charge in [-0.3, -0.25) is 9.89 Å². The van der Waals surface area contributed by atoms with Gasteiger partial charge in [-0.15, -0.1) is 24.0 Å². The minimum Gasteiger partial charge on any atom is -0.493 e. The Balaban J connectivity index is 0.00000341. The lowest BCUT2D eigenvalue weighted by Crippen LogP contribution is -2.40. The van der Waals surface area contributed by atoms with Gasteiger partial charge in [0, 0.05) is 39.8 Å². The van der Waals surface area contributed by atoms with Gasteiger partial charge in [-0.25, -0.2) is 0 Å². The van der Waals surface area contributed by atoms with E-state index in [9.17, 15) is 0 Å². The molecule has 2 N–H and O–H groups in total. The fourth-order valence-corrected chi connectivity index (χ4v) is 3.84. The first-order valence-corrected chi connectivity index (χ1v) is 10.7. The largest absolute Gasteiger partial charge is 0.493 e. The Labute approximate surface area is 203 Å². The maximum Gasteiger partial charge on any atom is 0.190 e. The summed E-state index contributed by atoms with van der Waals surface area (Å²) in [6.45, 7) is 5.03. The Kier molecular flexibility index (Phi) is 10.9. The van der Waals surface area contributed by atoms with Crippen molar-refractivity contribution in [3.05, 3.63) is 59.2 Å². The van der Waals surface area contributed by atoms with Crippen molar-refractivity contribution in [3.63, 3.8) is 0 Å². The van der Waals surface area contributed by atoms with Crippen LogP contribution < -0.4 is 20.1 Å². The lowest BCUT2D eigenvalue weighted by molar-refractivity contribution is 0.251. The maximum atomic E-state index is 5.37. The number of ether oxygens (including phenoxy) is 2. The number of benzene rings is 2. The van der Waals surface area contributed by atoms with Gasteiger partial charge in [0.15, 0.2) is 17.5 Å². The number of guanidine groups is 1. The van der Waals surface area contributed by atoms with Crippen LogP contribution in [-0.4, -0.2) is 58.3 Å². The molecule has 0 fully saturated rings. The van der Waals surface area contributed by atoms with E-state index >= 15 is 0 Å². The number of halogens is 1. The van der Waals surface area contributed by atoms with Crippen LogP contribution in [0.4, 0.5) is 0 Å². The average molecular weight is 538 g/mol. The molecule has 2 aromatic rings. The molecule has 0 saturated carbocycles. The highest BCUT2D eigenvalue weighted by atomic mass is 127. The molecule has 0 aliphatic carbocycles. The molecule has 6 nitrogen and oxygen atoms in total. The molecule has 7 heteroatoms. The number of hydrogen-bond donors (Lipinski definition) is 2. The van der Waals surface area contributed by atoms with Crippen LogP contribution in [0.1, 0.15) is 23.1 Å². The van der Waals surface area contributed by atoms with Gasteiger partial charge >= 0.3 is 0 Å². The van der Waals surface area contributed by atoms with E-state index in [4.69, 9.17) is 9.47 Å². The summed E-state index contributed by atoms with van der Waals surface area (Å²) < 4.78 is 10.7. The minimum atomic E-state index is 0. The fraction of sp³-hybridized carbons (Fsp3) is 0.458. The standard InChI is InChI=1S/C24H34N4O2.HI/c1-25-24(27-14-11-19-9-10-22(29-2)23(17-19)30-3)26-13-6-15-28-16-12-20-7-4-5-8-21(20)18-28;/h4-5,7-10,17H,6,11-16,18H2,1-3H3,(H2,25,26,27);1H. The topological polar surface area (TPSA) is 58.1 Å². The zero-order valence-electron chi connectivity index (χ0n) is 18.8. The van der Waals surface area contributed by atoms with E-state index < -0.39 is 0 Å². The molecule has 0 aromatic heterocycles. The van der Waals surface area contributed by atoms with Gasteiger partial charge < -0.3 is 20.1 Å². The number of rotatable bonds is 9. The molecule has 3 rings (SSSR count). The Hall–Kier alpha value is -2.00. The van der Waals surface area contributed by atoms with Crippen LogP contribution in [0.3, 0.4) is 0 Å². The second-order valence-corrected chi connectivity index (χ2v) is 7.51. The van der Waals surface area contributed by atoms with Crippen molar-refractivity contribution in [1.82, 2.24) is 15.5 Å². The lowest BCUT2D eigenvalue weighted by Gasteiger charge is -2.28. The predicted molar refractivity (Wildman–Crippen MR) is 138 cm³/mol. The molecule has 0 unspecified atom stereocenters. The summed E-state index contributed by atoms with van der Waals surface area (Å²) in [7, 11) is 5.13. The second-order valence-electron chi connectivity index (χ2n) is 7.51. The highest BCUT2D eigenvalue weighted by Crippen LogP contribution is 2.27. The van der Waals surface area contributed by atoms with E-state index in [0.717, 1.165) is 69.4 Å². The van der Waals surface area contributed by atoms with Crippen molar-refractivity contribution in [1.29, 1.82) is 0 Å². The Morgan fingerprint density at radius 2 is 1.74 bits per heavy atom. The number of fused-ring (bicyclic) bond motifs is 1. The molecular weight excluding hydrogens is 503 g/mol. The van der Waals surface area contributed by atoms with Crippen LogP contribution in [0.5, 0.6) is 11.5 Å². The third kappa shape index (κ3) is 7.57. The number of aliphatic imine (C=N–C) groups is 1. The molecule has 0 bridgehead atoms. The maximum absolute atomic E-state index is 5.37. The highest BCUT2D eigenvalue weighted by Gasteiger charge is 2.14. The van der Waals surface area contributed by atoms with Crippen LogP contribution >= 0.6 is 24.0 Å². The van der Waals surface area contributed by atoms with E-state index in [2.05, 4.69) is 50.9 Å². The summed E-state index contributed by atoms with van der Waals surface area (Å²) in [6, 6.07) is 14.8. The van der Waals surface area contributed by atoms with E-state index in [0.29, 0.717) is 0 Å². The molecule has 0 atom stereocenters. The van der Waals surface area contributed by atoms with Gasteiger partial charge in [0.1, 0.15) is 0 Å². The van der Waals surface area contributed by atoms with Gasteiger partial charge in [0.25, 0.3) is 0 Å². The molecule has 1 aliphatic rings. The third-order valence-corrected chi connectivity index (χ3v) is 5.53. The van der Waals surface area contributed by atoms with Gasteiger partial charge in [0.2, 0.25) is 0 Å². The van der Waals surface area contributed by atoms with E-state index in [-0.39, 0.29) is 24.0 Å².